The molecule has 0 radical (unpaired) electrons. The number of hydrogen-bond acceptors (Lipinski definition) is 4. The van der Waals surface area contributed by atoms with Crippen LogP contribution in [0.3, 0.4) is 0 Å². The number of benzene rings is 1. The molecule has 0 aliphatic heterocycles. The third-order valence-corrected chi connectivity index (χ3v) is 3.37. The van der Waals surface area contributed by atoms with Crippen LogP contribution < -0.4 is 5.32 Å². The van der Waals surface area contributed by atoms with Crippen LogP contribution in [0.1, 0.15) is 11.6 Å². The molecule has 1 aromatic rings. The van der Waals surface area contributed by atoms with Gasteiger partial charge >= 0.3 is 0 Å². The first-order valence-corrected chi connectivity index (χ1v) is 6.95. The number of nitrogens with zero attached hydrogens (tertiary/aromatic N) is 1. The van der Waals surface area contributed by atoms with Crippen LogP contribution in [0, 0.1) is 11.6 Å². The highest BCUT2D eigenvalue weighted by Crippen LogP contribution is 2.20. The molecule has 4 nitrogen and oxygen atoms in total. The molecule has 0 spiro atoms. The van der Waals surface area contributed by atoms with Crippen LogP contribution in [0.2, 0.25) is 0 Å². The number of ether oxygens (including phenoxy) is 2. The van der Waals surface area contributed by atoms with Crippen molar-refractivity contribution in [2.75, 3.05) is 54.1 Å². The van der Waals surface area contributed by atoms with Gasteiger partial charge < -0.3 is 14.8 Å². The fourth-order valence-electron chi connectivity index (χ4n) is 2.13. The van der Waals surface area contributed by atoms with Crippen LogP contribution in [-0.4, -0.2) is 59.0 Å². The molecule has 0 aliphatic carbocycles. The SMILES string of the molecule is CNC(CN(CCOC)CCOC)c1cccc(F)c1F. The first-order valence-electron chi connectivity index (χ1n) is 6.95. The minimum Gasteiger partial charge on any atom is -0.383 e. The Morgan fingerprint density at radius 1 is 1.14 bits per heavy atom. The molecule has 1 aromatic carbocycles. The third-order valence-electron chi connectivity index (χ3n) is 3.37. The van der Waals surface area contributed by atoms with E-state index in [0.717, 1.165) is 6.07 Å². The van der Waals surface area contributed by atoms with Gasteiger partial charge in [0, 0.05) is 45.5 Å². The van der Waals surface area contributed by atoms with Crippen molar-refractivity contribution in [2.45, 2.75) is 6.04 Å². The lowest BCUT2D eigenvalue weighted by Gasteiger charge is -2.27. The van der Waals surface area contributed by atoms with Crippen LogP contribution in [0.15, 0.2) is 18.2 Å². The Hall–Kier alpha value is -1.08. The van der Waals surface area contributed by atoms with Gasteiger partial charge in [-0.15, -0.1) is 0 Å². The summed E-state index contributed by atoms with van der Waals surface area (Å²) in [6.07, 6.45) is 0. The van der Waals surface area contributed by atoms with Gasteiger partial charge in [0.15, 0.2) is 11.6 Å². The monoisotopic (exact) mass is 302 g/mol. The first kappa shape index (κ1) is 18.0. The predicted molar refractivity (Wildman–Crippen MR) is 78.4 cm³/mol. The van der Waals surface area contributed by atoms with Gasteiger partial charge in [-0.05, 0) is 13.1 Å². The maximum atomic E-state index is 13.9. The Balaban J connectivity index is 2.78. The number of hydrogen-bond donors (Lipinski definition) is 1. The molecule has 0 saturated heterocycles. The summed E-state index contributed by atoms with van der Waals surface area (Å²) in [5.41, 5.74) is 0.331. The van der Waals surface area contributed by atoms with Crippen molar-refractivity contribution in [1.29, 1.82) is 0 Å². The molecule has 0 fully saturated rings. The molecule has 0 aliphatic rings. The van der Waals surface area contributed by atoms with Gasteiger partial charge in [-0.2, -0.15) is 0 Å². The normalized spacial score (nSPS) is 12.9. The summed E-state index contributed by atoms with van der Waals surface area (Å²) in [5.74, 6) is -1.62. The van der Waals surface area contributed by atoms with Crippen molar-refractivity contribution in [3.8, 4) is 0 Å². The van der Waals surface area contributed by atoms with Gasteiger partial charge in [-0.3, -0.25) is 4.90 Å². The smallest absolute Gasteiger partial charge is 0.163 e. The van der Waals surface area contributed by atoms with Crippen LogP contribution in [0.25, 0.3) is 0 Å². The number of likely N-dealkylation sites (N-methyl/N-ethyl adjacent to an activating group) is 1. The maximum Gasteiger partial charge on any atom is 0.163 e. The van der Waals surface area contributed by atoms with E-state index in [1.165, 1.54) is 6.07 Å². The highest BCUT2D eigenvalue weighted by molar-refractivity contribution is 5.22. The second kappa shape index (κ2) is 9.78. The van der Waals surface area contributed by atoms with Crippen molar-refractivity contribution in [2.24, 2.45) is 0 Å². The van der Waals surface area contributed by atoms with Crippen molar-refractivity contribution >= 4 is 0 Å². The molecule has 0 aromatic heterocycles. The minimum absolute atomic E-state index is 0.297. The maximum absolute atomic E-state index is 13.9. The number of halogens is 2. The van der Waals surface area contributed by atoms with Gasteiger partial charge in [-0.1, -0.05) is 12.1 Å². The quantitative estimate of drug-likeness (QED) is 0.715. The summed E-state index contributed by atoms with van der Waals surface area (Å²) in [6.45, 7) is 3.10. The van der Waals surface area contributed by atoms with Gasteiger partial charge in [0.25, 0.3) is 0 Å². The highest BCUT2D eigenvalue weighted by Gasteiger charge is 2.19. The lowest BCUT2D eigenvalue weighted by molar-refractivity contribution is 0.108. The van der Waals surface area contributed by atoms with E-state index >= 15 is 0 Å². The zero-order valence-corrected chi connectivity index (χ0v) is 12.9. The van der Waals surface area contributed by atoms with Crippen molar-refractivity contribution in [3.63, 3.8) is 0 Å². The fourth-order valence-corrected chi connectivity index (χ4v) is 2.13. The first-order chi connectivity index (χ1) is 10.1. The number of nitrogens with one attached hydrogen (secondary N) is 1. The zero-order chi connectivity index (χ0) is 15.7. The van der Waals surface area contributed by atoms with Crippen LogP contribution in [-0.2, 0) is 9.47 Å². The zero-order valence-electron chi connectivity index (χ0n) is 12.9. The third kappa shape index (κ3) is 5.67. The van der Waals surface area contributed by atoms with E-state index in [0.29, 0.717) is 38.4 Å². The Morgan fingerprint density at radius 2 is 1.76 bits per heavy atom. The van der Waals surface area contributed by atoms with E-state index in [4.69, 9.17) is 9.47 Å². The molecule has 1 atom stereocenters. The molecule has 0 heterocycles. The van der Waals surface area contributed by atoms with Crippen LogP contribution >= 0.6 is 0 Å². The fraction of sp³-hybridized carbons (Fsp3) is 0.600. The Kier molecular flexibility index (Phi) is 8.37. The van der Waals surface area contributed by atoms with Crippen molar-refractivity contribution in [3.05, 3.63) is 35.4 Å². The molecule has 0 bridgehead atoms. The van der Waals surface area contributed by atoms with Gasteiger partial charge in [0.1, 0.15) is 0 Å². The standard InChI is InChI=1S/C15H24F2N2O2/c1-18-14(12-5-4-6-13(16)15(12)17)11-19(7-9-20-2)8-10-21-3/h4-6,14,18H,7-11H2,1-3H3. The lowest BCUT2D eigenvalue weighted by Crippen LogP contribution is -2.38. The van der Waals surface area contributed by atoms with E-state index in [2.05, 4.69) is 10.2 Å². The average molecular weight is 302 g/mol. The van der Waals surface area contributed by atoms with Crippen LogP contribution in [0.4, 0.5) is 8.78 Å². The number of rotatable bonds is 10. The number of methoxy groups -OCH3 is 2. The van der Waals surface area contributed by atoms with E-state index in [9.17, 15) is 8.78 Å². The topological polar surface area (TPSA) is 33.7 Å². The summed E-state index contributed by atoms with van der Waals surface area (Å²) < 4.78 is 37.4. The van der Waals surface area contributed by atoms with Crippen molar-refractivity contribution < 1.29 is 18.3 Å². The summed E-state index contributed by atoms with van der Waals surface area (Å²) in [4.78, 5) is 2.10. The summed E-state index contributed by atoms with van der Waals surface area (Å²) in [7, 11) is 5.01. The second-order valence-electron chi connectivity index (χ2n) is 4.77. The van der Waals surface area contributed by atoms with Crippen molar-refractivity contribution in [1.82, 2.24) is 10.2 Å². The Morgan fingerprint density at radius 3 is 2.29 bits per heavy atom. The minimum atomic E-state index is -0.826. The van der Waals surface area contributed by atoms with Crippen LogP contribution in [0.5, 0.6) is 0 Å². The molecular formula is C15H24F2N2O2. The van der Waals surface area contributed by atoms with E-state index in [-0.39, 0.29) is 6.04 Å². The molecule has 21 heavy (non-hydrogen) atoms. The van der Waals surface area contributed by atoms with E-state index in [1.807, 2.05) is 0 Å². The molecule has 0 saturated carbocycles. The van der Waals surface area contributed by atoms with Gasteiger partial charge in [0.05, 0.1) is 13.2 Å². The predicted octanol–water partition coefficient (Wildman–Crippen LogP) is 1.82. The molecule has 120 valence electrons. The lowest BCUT2D eigenvalue weighted by atomic mass is 10.1. The molecule has 6 heteroatoms. The van der Waals surface area contributed by atoms with E-state index in [1.54, 1.807) is 27.3 Å². The average Bonchev–Trinajstić information content (AvgIpc) is 2.50. The summed E-state index contributed by atoms with van der Waals surface area (Å²) >= 11 is 0. The molecule has 0 amide bonds. The van der Waals surface area contributed by atoms with E-state index < -0.39 is 11.6 Å². The van der Waals surface area contributed by atoms with Gasteiger partial charge in [-0.25, -0.2) is 8.78 Å². The molecule has 1 rings (SSSR count). The molecular weight excluding hydrogens is 278 g/mol. The summed E-state index contributed by atoms with van der Waals surface area (Å²) in [5, 5.41) is 3.04. The Labute approximate surface area is 125 Å². The summed E-state index contributed by atoms with van der Waals surface area (Å²) in [6, 6.07) is 3.95. The van der Waals surface area contributed by atoms with Gasteiger partial charge in [0.2, 0.25) is 0 Å². The molecule has 1 unspecified atom stereocenters. The highest BCUT2D eigenvalue weighted by atomic mass is 19.2. The Bertz CT molecular complexity index is 411. The molecule has 1 N–H and O–H groups in total. The second-order valence-corrected chi connectivity index (χ2v) is 4.77. The largest absolute Gasteiger partial charge is 0.383 e.